The van der Waals surface area contributed by atoms with Crippen LogP contribution in [0.4, 0.5) is 0 Å². The molecule has 5 nitrogen and oxygen atoms in total. The lowest BCUT2D eigenvalue weighted by atomic mass is 9.91. The minimum absolute atomic E-state index is 0.173. The number of aliphatic imine (C=N–C) groups is 2. The summed E-state index contributed by atoms with van der Waals surface area (Å²) in [4.78, 5) is 9.02. The first-order valence-electron chi connectivity index (χ1n) is 8.22. The van der Waals surface area contributed by atoms with Crippen LogP contribution in [0.1, 0.15) is 11.1 Å². The lowest BCUT2D eigenvalue weighted by molar-refractivity contribution is 0.956. The van der Waals surface area contributed by atoms with Crippen molar-refractivity contribution in [3.05, 3.63) is 102 Å². The van der Waals surface area contributed by atoms with E-state index in [9.17, 15) is 0 Å². The molecule has 26 heavy (non-hydrogen) atoms. The zero-order valence-electron chi connectivity index (χ0n) is 14.6. The molecule has 0 amide bonds. The first-order valence-corrected chi connectivity index (χ1v) is 8.22. The Kier molecular flexibility index (Phi) is 4.99. The molecule has 0 unspecified atom stereocenters. The molecular formula is C21H21N5. The highest BCUT2D eigenvalue weighted by Gasteiger charge is 2.23. The van der Waals surface area contributed by atoms with Crippen LogP contribution in [-0.2, 0) is 0 Å². The summed E-state index contributed by atoms with van der Waals surface area (Å²) in [5.41, 5.74) is 16.4. The lowest BCUT2D eigenvalue weighted by Gasteiger charge is -2.21. The molecule has 1 heterocycles. The van der Waals surface area contributed by atoms with E-state index in [-0.39, 0.29) is 5.82 Å². The minimum Gasteiger partial charge on any atom is -0.385 e. The zero-order valence-corrected chi connectivity index (χ0v) is 14.6. The van der Waals surface area contributed by atoms with E-state index < -0.39 is 0 Å². The fourth-order valence-corrected chi connectivity index (χ4v) is 2.74. The van der Waals surface area contributed by atoms with E-state index in [1.807, 2.05) is 66.7 Å². The first-order chi connectivity index (χ1) is 12.6. The van der Waals surface area contributed by atoms with Gasteiger partial charge < -0.3 is 16.8 Å². The summed E-state index contributed by atoms with van der Waals surface area (Å²) in [6.45, 7) is 3.68. The molecule has 130 valence electrons. The number of nitrogens with one attached hydrogen (secondary N) is 1. The number of nitrogens with two attached hydrogens (primary N) is 2. The third kappa shape index (κ3) is 3.57. The molecule has 0 saturated carbocycles. The fourth-order valence-electron chi connectivity index (χ4n) is 2.74. The Labute approximate surface area is 153 Å². The number of nitrogens with zero attached hydrogens (tertiary/aromatic N) is 2. The van der Waals surface area contributed by atoms with Crippen LogP contribution in [0, 0.1) is 0 Å². The second-order valence-electron chi connectivity index (χ2n) is 5.75. The maximum Gasteiger partial charge on any atom is 0.166 e. The van der Waals surface area contributed by atoms with Crippen molar-refractivity contribution in [3.8, 4) is 0 Å². The van der Waals surface area contributed by atoms with Crippen LogP contribution < -0.4 is 16.8 Å². The number of allylic oxidation sites excluding steroid dienone is 1. The SMILES string of the molecule is C=C(N)/N=C1/N=C(c2ccccc2)C=C(c2ccccc2)/C1=C(/N)NC. The second kappa shape index (κ2) is 7.53. The van der Waals surface area contributed by atoms with Gasteiger partial charge in [-0.2, -0.15) is 0 Å². The quantitative estimate of drug-likeness (QED) is 0.797. The summed E-state index contributed by atoms with van der Waals surface area (Å²) in [7, 11) is 1.76. The predicted molar refractivity (Wildman–Crippen MR) is 108 cm³/mol. The van der Waals surface area contributed by atoms with Crippen molar-refractivity contribution in [1.82, 2.24) is 5.32 Å². The van der Waals surface area contributed by atoms with Crippen molar-refractivity contribution in [3.63, 3.8) is 0 Å². The van der Waals surface area contributed by atoms with Gasteiger partial charge in [0.15, 0.2) is 5.84 Å². The summed E-state index contributed by atoms with van der Waals surface area (Å²) in [5, 5.41) is 2.99. The smallest absolute Gasteiger partial charge is 0.166 e. The van der Waals surface area contributed by atoms with E-state index in [4.69, 9.17) is 11.5 Å². The van der Waals surface area contributed by atoms with Gasteiger partial charge in [0.25, 0.3) is 0 Å². The molecule has 0 aliphatic carbocycles. The van der Waals surface area contributed by atoms with E-state index in [1.165, 1.54) is 0 Å². The topological polar surface area (TPSA) is 88.8 Å². The molecule has 0 spiro atoms. The van der Waals surface area contributed by atoms with Crippen LogP contribution in [0.25, 0.3) is 5.57 Å². The Balaban J connectivity index is 2.27. The third-order valence-electron chi connectivity index (χ3n) is 3.94. The van der Waals surface area contributed by atoms with Crippen LogP contribution in [0.3, 0.4) is 0 Å². The van der Waals surface area contributed by atoms with Crippen LogP contribution in [0.5, 0.6) is 0 Å². The Hall–Kier alpha value is -3.60. The maximum atomic E-state index is 6.23. The van der Waals surface area contributed by atoms with E-state index in [2.05, 4.69) is 21.9 Å². The van der Waals surface area contributed by atoms with E-state index >= 15 is 0 Å². The van der Waals surface area contributed by atoms with Crippen LogP contribution >= 0.6 is 0 Å². The van der Waals surface area contributed by atoms with E-state index in [1.54, 1.807) is 7.05 Å². The summed E-state index contributed by atoms with van der Waals surface area (Å²) < 4.78 is 0. The van der Waals surface area contributed by atoms with E-state index in [0.29, 0.717) is 17.2 Å². The number of benzene rings is 2. The molecular weight excluding hydrogens is 322 g/mol. The monoisotopic (exact) mass is 343 g/mol. The zero-order chi connectivity index (χ0) is 18.5. The summed E-state index contributed by atoms with van der Waals surface area (Å²) in [6.07, 6.45) is 2.02. The van der Waals surface area contributed by atoms with Gasteiger partial charge >= 0.3 is 0 Å². The summed E-state index contributed by atoms with van der Waals surface area (Å²) in [5.74, 6) is 1.08. The molecule has 5 heteroatoms. The lowest BCUT2D eigenvalue weighted by Crippen LogP contribution is -2.25. The molecule has 0 atom stereocenters. The molecule has 0 radical (unpaired) electrons. The van der Waals surface area contributed by atoms with Crippen LogP contribution in [0.2, 0.25) is 0 Å². The molecule has 2 aromatic carbocycles. The molecule has 3 rings (SSSR count). The van der Waals surface area contributed by atoms with Gasteiger partial charge in [-0.3, -0.25) is 0 Å². The average Bonchev–Trinajstić information content (AvgIpc) is 2.67. The van der Waals surface area contributed by atoms with Crippen molar-refractivity contribution in [2.45, 2.75) is 0 Å². The number of hydrogen-bond donors (Lipinski definition) is 3. The van der Waals surface area contributed by atoms with Crippen molar-refractivity contribution in [1.29, 1.82) is 0 Å². The predicted octanol–water partition coefficient (Wildman–Crippen LogP) is 2.79. The highest BCUT2D eigenvalue weighted by molar-refractivity contribution is 6.29. The fraction of sp³-hybridized carbons (Fsp3) is 0.0476. The Morgan fingerprint density at radius 1 is 0.962 bits per heavy atom. The van der Waals surface area contributed by atoms with Gasteiger partial charge in [0.05, 0.1) is 11.3 Å². The Morgan fingerprint density at radius 3 is 2.08 bits per heavy atom. The van der Waals surface area contributed by atoms with Crippen LogP contribution in [-0.4, -0.2) is 18.6 Å². The van der Waals surface area contributed by atoms with Crippen molar-refractivity contribution >= 4 is 17.1 Å². The maximum absolute atomic E-state index is 6.23. The first kappa shape index (κ1) is 17.2. The average molecular weight is 343 g/mol. The molecule has 0 saturated heterocycles. The standard InChI is InChI=1S/C21H21N5/c1-14(22)25-21-19(20(23)24-2)17(15-9-5-3-6-10-15)13-18(26-21)16-11-7-4-8-12-16/h3-13,24H,1,22-23H2,2H3/b20-19+,25-21+. The highest BCUT2D eigenvalue weighted by atomic mass is 15.0. The van der Waals surface area contributed by atoms with Gasteiger partial charge in [-0.1, -0.05) is 67.2 Å². The summed E-state index contributed by atoms with van der Waals surface area (Å²) in [6, 6.07) is 19.9. The van der Waals surface area contributed by atoms with Crippen LogP contribution in [0.15, 0.2) is 101 Å². The second-order valence-corrected chi connectivity index (χ2v) is 5.75. The van der Waals surface area contributed by atoms with Gasteiger partial charge in [-0.05, 0) is 17.2 Å². The number of dihydropyridines is 1. The minimum atomic E-state index is 0.173. The van der Waals surface area contributed by atoms with Gasteiger partial charge in [0.2, 0.25) is 0 Å². The number of hydrogen-bond acceptors (Lipinski definition) is 4. The Bertz CT molecular complexity index is 935. The molecule has 0 aromatic heterocycles. The Morgan fingerprint density at radius 2 is 1.54 bits per heavy atom. The largest absolute Gasteiger partial charge is 0.385 e. The van der Waals surface area contributed by atoms with Crippen molar-refractivity contribution in [2.75, 3.05) is 7.05 Å². The molecule has 1 aliphatic rings. The molecule has 0 bridgehead atoms. The normalized spacial score (nSPS) is 17.3. The number of rotatable bonds is 4. The van der Waals surface area contributed by atoms with Gasteiger partial charge in [-0.25, -0.2) is 9.98 Å². The van der Waals surface area contributed by atoms with E-state index in [0.717, 1.165) is 22.4 Å². The highest BCUT2D eigenvalue weighted by Crippen LogP contribution is 2.30. The van der Waals surface area contributed by atoms with Gasteiger partial charge in [-0.15, -0.1) is 0 Å². The molecule has 2 aromatic rings. The molecule has 1 aliphatic heterocycles. The summed E-state index contributed by atoms with van der Waals surface area (Å²) >= 11 is 0. The van der Waals surface area contributed by atoms with Crippen molar-refractivity contribution < 1.29 is 0 Å². The molecule has 5 N–H and O–H groups in total. The van der Waals surface area contributed by atoms with Crippen molar-refractivity contribution in [2.24, 2.45) is 21.5 Å². The third-order valence-corrected chi connectivity index (χ3v) is 3.94. The molecule has 0 fully saturated rings. The number of amidine groups is 1. The van der Waals surface area contributed by atoms with Gasteiger partial charge in [0, 0.05) is 12.6 Å². The van der Waals surface area contributed by atoms with Gasteiger partial charge in [0.1, 0.15) is 11.6 Å².